The molecule has 0 saturated carbocycles. The van der Waals surface area contributed by atoms with Gasteiger partial charge in [0.05, 0.1) is 0 Å². The number of ether oxygens (including phenoxy) is 1. The Morgan fingerprint density at radius 1 is 1.40 bits per heavy atom. The van der Waals surface area contributed by atoms with Crippen molar-refractivity contribution in [2.75, 3.05) is 13.2 Å². The van der Waals surface area contributed by atoms with Gasteiger partial charge in [-0.1, -0.05) is 6.07 Å². The van der Waals surface area contributed by atoms with Crippen LogP contribution >= 0.6 is 0 Å². The zero-order valence-electron chi connectivity index (χ0n) is 9.55. The Morgan fingerprint density at radius 3 is 2.93 bits per heavy atom. The van der Waals surface area contributed by atoms with Crippen molar-refractivity contribution >= 4 is 0 Å². The average molecular weight is 207 g/mol. The van der Waals surface area contributed by atoms with Gasteiger partial charge in [0, 0.05) is 7.47 Å². The van der Waals surface area contributed by atoms with Gasteiger partial charge >= 0.3 is 0 Å². The van der Waals surface area contributed by atoms with Crippen LogP contribution in [0, 0.1) is 13.8 Å². The maximum absolute atomic E-state index is 5.76. The minimum Gasteiger partial charge on any atom is -0.492 e. The summed E-state index contributed by atoms with van der Waals surface area (Å²) in [4.78, 5) is 0. The lowest BCUT2D eigenvalue weighted by atomic mass is 10.1. The third-order valence-electron chi connectivity index (χ3n) is 3.09. The van der Waals surface area contributed by atoms with Crippen molar-refractivity contribution in [1.82, 2.24) is 5.32 Å². The van der Waals surface area contributed by atoms with Crippen LogP contribution in [-0.2, 0) is 0 Å². The summed E-state index contributed by atoms with van der Waals surface area (Å²) in [5.41, 5.74) is 2.62. The van der Waals surface area contributed by atoms with E-state index in [0.717, 1.165) is 18.9 Å². The van der Waals surface area contributed by atoms with Gasteiger partial charge in [0.15, 0.2) is 0 Å². The molecule has 0 bridgehead atoms. The molecular formula is C13H21NO. The van der Waals surface area contributed by atoms with E-state index in [-0.39, 0.29) is 1.43 Å². The molecule has 1 saturated heterocycles. The Kier molecular flexibility index (Phi) is 3.27. The average Bonchev–Trinajstić information content (AvgIpc) is 2.73. The molecule has 1 aromatic carbocycles. The second kappa shape index (κ2) is 4.67. The fourth-order valence-electron chi connectivity index (χ4n) is 1.90. The van der Waals surface area contributed by atoms with Gasteiger partial charge in [-0.05, 0) is 56.5 Å². The molecule has 0 amide bonds. The Morgan fingerprint density at radius 2 is 2.27 bits per heavy atom. The number of nitrogens with one attached hydrogen (secondary N) is 1. The van der Waals surface area contributed by atoms with Crippen molar-refractivity contribution in [3.63, 3.8) is 0 Å². The van der Waals surface area contributed by atoms with E-state index in [1.54, 1.807) is 0 Å². The minimum atomic E-state index is 0. The summed E-state index contributed by atoms with van der Waals surface area (Å²) >= 11 is 0. The Labute approximate surface area is 93.1 Å². The fourth-order valence-corrected chi connectivity index (χ4v) is 1.90. The molecule has 1 aliphatic heterocycles. The van der Waals surface area contributed by atoms with Gasteiger partial charge in [-0.3, -0.25) is 0 Å². The van der Waals surface area contributed by atoms with Gasteiger partial charge in [0.2, 0.25) is 0 Å². The van der Waals surface area contributed by atoms with Crippen molar-refractivity contribution in [1.29, 1.82) is 0 Å². The third kappa shape index (κ3) is 2.72. The molecule has 0 radical (unpaired) electrons. The SMILES string of the molecule is Cc1ccc(OCC2CCCN2)cc1C.[HH]. The fraction of sp³-hybridized carbons (Fsp3) is 0.538. The van der Waals surface area contributed by atoms with E-state index < -0.39 is 0 Å². The van der Waals surface area contributed by atoms with E-state index in [2.05, 4.69) is 37.4 Å². The van der Waals surface area contributed by atoms with Crippen molar-refractivity contribution in [2.24, 2.45) is 0 Å². The van der Waals surface area contributed by atoms with E-state index in [0.29, 0.717) is 6.04 Å². The van der Waals surface area contributed by atoms with Crippen LogP contribution in [0.15, 0.2) is 18.2 Å². The number of aryl methyl sites for hydroxylation is 2. The molecule has 1 aliphatic rings. The summed E-state index contributed by atoms with van der Waals surface area (Å²) < 4.78 is 5.76. The van der Waals surface area contributed by atoms with Crippen LogP contribution in [0.3, 0.4) is 0 Å². The highest BCUT2D eigenvalue weighted by Crippen LogP contribution is 2.17. The molecule has 1 fully saturated rings. The van der Waals surface area contributed by atoms with Crippen LogP contribution in [0.4, 0.5) is 0 Å². The molecule has 2 heteroatoms. The first kappa shape index (κ1) is 10.5. The molecule has 1 heterocycles. The summed E-state index contributed by atoms with van der Waals surface area (Å²) in [6.45, 7) is 6.18. The zero-order valence-corrected chi connectivity index (χ0v) is 9.55. The van der Waals surface area contributed by atoms with Gasteiger partial charge in [-0.15, -0.1) is 0 Å². The molecule has 15 heavy (non-hydrogen) atoms. The first-order valence-electron chi connectivity index (χ1n) is 5.69. The van der Waals surface area contributed by atoms with Gasteiger partial charge < -0.3 is 10.1 Å². The van der Waals surface area contributed by atoms with Crippen LogP contribution in [0.1, 0.15) is 25.4 Å². The molecule has 0 aliphatic carbocycles. The number of rotatable bonds is 3. The van der Waals surface area contributed by atoms with Crippen LogP contribution in [0.5, 0.6) is 5.75 Å². The van der Waals surface area contributed by atoms with E-state index in [4.69, 9.17) is 4.74 Å². The predicted molar refractivity (Wildman–Crippen MR) is 64.5 cm³/mol. The standard InChI is InChI=1S/C13H19NO.H2/c1-10-5-6-13(8-11(10)2)15-9-12-4-3-7-14-12;/h5-6,8,12,14H,3-4,7,9H2,1-2H3;1H. The first-order chi connectivity index (χ1) is 7.25. The van der Waals surface area contributed by atoms with Crippen molar-refractivity contribution in [2.45, 2.75) is 32.7 Å². The zero-order chi connectivity index (χ0) is 10.7. The molecule has 1 N–H and O–H groups in total. The lowest BCUT2D eigenvalue weighted by Crippen LogP contribution is -2.28. The molecule has 1 atom stereocenters. The van der Waals surface area contributed by atoms with E-state index in [1.807, 2.05) is 0 Å². The Bertz CT molecular complexity index is 335. The molecule has 0 aromatic heterocycles. The summed E-state index contributed by atoms with van der Waals surface area (Å²) in [5, 5.41) is 3.43. The highest BCUT2D eigenvalue weighted by molar-refractivity contribution is 5.33. The second-order valence-electron chi connectivity index (χ2n) is 4.35. The predicted octanol–water partition coefficient (Wildman–Crippen LogP) is 2.68. The van der Waals surface area contributed by atoms with Crippen molar-refractivity contribution in [3.05, 3.63) is 29.3 Å². The monoisotopic (exact) mass is 207 g/mol. The van der Waals surface area contributed by atoms with Gasteiger partial charge in [-0.25, -0.2) is 0 Å². The summed E-state index contributed by atoms with van der Waals surface area (Å²) in [7, 11) is 0. The Balaban J connectivity index is 0.00000128. The largest absolute Gasteiger partial charge is 0.492 e. The van der Waals surface area contributed by atoms with Crippen LogP contribution in [0.2, 0.25) is 0 Å². The van der Waals surface area contributed by atoms with Crippen molar-refractivity contribution in [3.8, 4) is 5.75 Å². The van der Waals surface area contributed by atoms with Gasteiger partial charge in [0.1, 0.15) is 12.4 Å². The van der Waals surface area contributed by atoms with E-state index in [9.17, 15) is 0 Å². The molecule has 1 aromatic rings. The highest BCUT2D eigenvalue weighted by Gasteiger charge is 2.14. The molecular weight excluding hydrogens is 186 g/mol. The second-order valence-corrected chi connectivity index (χ2v) is 4.35. The maximum atomic E-state index is 5.76. The third-order valence-corrected chi connectivity index (χ3v) is 3.09. The summed E-state index contributed by atoms with van der Waals surface area (Å²) in [6, 6.07) is 6.83. The number of hydrogen-bond acceptors (Lipinski definition) is 2. The lowest BCUT2D eigenvalue weighted by molar-refractivity contribution is 0.277. The molecule has 1 unspecified atom stereocenters. The number of hydrogen-bond donors (Lipinski definition) is 1. The molecule has 2 rings (SSSR count). The topological polar surface area (TPSA) is 21.3 Å². The first-order valence-corrected chi connectivity index (χ1v) is 5.69. The maximum Gasteiger partial charge on any atom is 0.119 e. The molecule has 2 nitrogen and oxygen atoms in total. The minimum absolute atomic E-state index is 0. The lowest BCUT2D eigenvalue weighted by Gasteiger charge is -2.12. The Hall–Kier alpha value is -1.02. The van der Waals surface area contributed by atoms with E-state index in [1.165, 1.54) is 24.0 Å². The quantitative estimate of drug-likeness (QED) is 0.822. The molecule has 84 valence electrons. The van der Waals surface area contributed by atoms with Gasteiger partial charge in [-0.2, -0.15) is 0 Å². The summed E-state index contributed by atoms with van der Waals surface area (Å²) in [5.74, 6) is 0.992. The highest BCUT2D eigenvalue weighted by atomic mass is 16.5. The van der Waals surface area contributed by atoms with E-state index >= 15 is 0 Å². The normalized spacial score (nSPS) is 20.5. The number of benzene rings is 1. The van der Waals surface area contributed by atoms with Crippen LogP contribution in [0.25, 0.3) is 0 Å². The van der Waals surface area contributed by atoms with Crippen LogP contribution < -0.4 is 10.1 Å². The molecule has 0 spiro atoms. The van der Waals surface area contributed by atoms with Crippen molar-refractivity contribution < 1.29 is 6.16 Å². The van der Waals surface area contributed by atoms with Gasteiger partial charge in [0.25, 0.3) is 0 Å². The van der Waals surface area contributed by atoms with Crippen LogP contribution in [-0.4, -0.2) is 19.2 Å². The smallest absolute Gasteiger partial charge is 0.119 e. The summed E-state index contributed by atoms with van der Waals surface area (Å²) in [6.07, 6.45) is 2.52.